The summed E-state index contributed by atoms with van der Waals surface area (Å²) < 4.78 is 38.3. The molecule has 2 aromatic rings. The van der Waals surface area contributed by atoms with Crippen LogP contribution in [0.2, 0.25) is 5.02 Å². The summed E-state index contributed by atoms with van der Waals surface area (Å²) in [5.41, 5.74) is -0.767. The lowest BCUT2D eigenvalue weighted by Gasteiger charge is -2.10. The predicted molar refractivity (Wildman–Crippen MR) is 84.6 cm³/mol. The van der Waals surface area contributed by atoms with Crippen molar-refractivity contribution in [2.75, 3.05) is 0 Å². The first-order valence-electron chi connectivity index (χ1n) is 6.53. The van der Waals surface area contributed by atoms with Crippen LogP contribution in [-0.2, 0) is 14.6 Å². The molecule has 1 aliphatic carbocycles. The Morgan fingerprint density at radius 1 is 1.26 bits per heavy atom. The van der Waals surface area contributed by atoms with Gasteiger partial charge in [0.25, 0.3) is 5.56 Å². The van der Waals surface area contributed by atoms with Crippen LogP contribution >= 0.6 is 19.2 Å². The van der Waals surface area contributed by atoms with E-state index in [1.807, 2.05) is 0 Å². The molecule has 1 aromatic carbocycles. The molecule has 0 aliphatic heterocycles. The molecule has 124 valence electrons. The highest BCUT2D eigenvalue weighted by molar-refractivity contribution is 7.89. The summed E-state index contributed by atoms with van der Waals surface area (Å²) in [4.78, 5) is 32.1. The van der Waals surface area contributed by atoms with Gasteiger partial charge in [-0.1, -0.05) is 11.6 Å². The summed E-state index contributed by atoms with van der Waals surface area (Å²) in [6.45, 7) is 0. The summed E-state index contributed by atoms with van der Waals surface area (Å²) in [6, 6.07) is 3.27. The largest absolute Gasteiger partial charge is 0.361 e. The smallest absolute Gasteiger partial charge is 0.321 e. The average Bonchev–Trinajstić information content (AvgIpc) is 3.18. The molecule has 0 saturated heterocycles. The Labute approximate surface area is 135 Å². The molecule has 1 aliphatic rings. The van der Waals surface area contributed by atoms with Crippen molar-refractivity contribution in [1.29, 1.82) is 0 Å². The molecule has 11 heteroatoms. The molecule has 1 heterocycles. The molecule has 3 rings (SSSR count). The van der Waals surface area contributed by atoms with Crippen molar-refractivity contribution in [2.24, 2.45) is 0 Å². The second-order valence-corrected chi connectivity index (χ2v) is 8.95. The van der Waals surface area contributed by atoms with Crippen molar-refractivity contribution < 1.29 is 22.8 Å². The van der Waals surface area contributed by atoms with Crippen LogP contribution in [-0.4, -0.2) is 29.2 Å². The van der Waals surface area contributed by atoms with Gasteiger partial charge >= 0.3 is 7.60 Å². The summed E-state index contributed by atoms with van der Waals surface area (Å²) in [6.07, 6.45) is 1.50. The number of hydrogen-bond donors (Lipinski definition) is 4. The van der Waals surface area contributed by atoms with E-state index in [4.69, 9.17) is 11.6 Å². The number of halogens is 1. The van der Waals surface area contributed by atoms with Crippen LogP contribution < -0.4 is 15.6 Å². The zero-order valence-electron chi connectivity index (χ0n) is 11.5. The average molecular weight is 379 g/mol. The van der Waals surface area contributed by atoms with Gasteiger partial charge in [-0.15, -0.1) is 0 Å². The molecule has 1 fully saturated rings. The minimum absolute atomic E-state index is 0.0924. The number of fused-ring (bicyclic) bond motifs is 1. The van der Waals surface area contributed by atoms with E-state index in [1.54, 1.807) is 0 Å². The second kappa shape index (κ2) is 5.41. The lowest BCUT2D eigenvalue weighted by molar-refractivity contribution is 0.387. The minimum Gasteiger partial charge on any atom is -0.321 e. The highest BCUT2D eigenvalue weighted by Gasteiger charge is 2.30. The number of sulfonamides is 1. The molecule has 0 bridgehead atoms. The fraction of sp³-hybridized carbons (Fsp3) is 0.250. The third-order valence-corrected chi connectivity index (χ3v) is 6.32. The van der Waals surface area contributed by atoms with Crippen LogP contribution in [0.4, 0.5) is 0 Å². The minimum atomic E-state index is -4.78. The molecule has 4 N–H and O–H groups in total. The first-order chi connectivity index (χ1) is 10.6. The Kier molecular flexibility index (Phi) is 3.91. The van der Waals surface area contributed by atoms with Gasteiger partial charge in [0, 0.05) is 16.9 Å². The number of rotatable bonds is 4. The normalized spacial score (nSPS) is 16.0. The highest BCUT2D eigenvalue weighted by atomic mass is 35.5. The Morgan fingerprint density at radius 3 is 2.48 bits per heavy atom. The molecule has 23 heavy (non-hydrogen) atoms. The van der Waals surface area contributed by atoms with Crippen LogP contribution in [0.25, 0.3) is 10.9 Å². The van der Waals surface area contributed by atoms with E-state index >= 15 is 0 Å². The maximum Gasteiger partial charge on any atom is 0.361 e. The van der Waals surface area contributed by atoms with Crippen molar-refractivity contribution in [3.05, 3.63) is 33.6 Å². The standard InChI is InChI=1S/C12H12ClN2O6PS/c13-8-5-9-6(3-10(12(16)14-9)22(17,18)19)4-11(8)23(20,21)15-7-1-2-7/h3-5,7,15H,1-2H2,(H,14,16)(H2,17,18,19). The Hall–Kier alpha value is -1.22. The monoisotopic (exact) mass is 378 g/mol. The highest BCUT2D eigenvalue weighted by Crippen LogP contribution is 2.33. The van der Waals surface area contributed by atoms with Crippen molar-refractivity contribution in [1.82, 2.24) is 9.71 Å². The van der Waals surface area contributed by atoms with Crippen molar-refractivity contribution in [3.63, 3.8) is 0 Å². The van der Waals surface area contributed by atoms with E-state index < -0.39 is 28.5 Å². The zero-order valence-corrected chi connectivity index (χ0v) is 14.0. The quantitative estimate of drug-likeness (QED) is 0.569. The van der Waals surface area contributed by atoms with Gasteiger partial charge in [-0.05, 0) is 31.0 Å². The van der Waals surface area contributed by atoms with Gasteiger partial charge in [0.1, 0.15) is 10.2 Å². The number of aromatic amines is 1. The van der Waals surface area contributed by atoms with E-state index in [0.29, 0.717) is 0 Å². The van der Waals surface area contributed by atoms with Gasteiger partial charge in [0.15, 0.2) is 0 Å². The number of H-pyrrole nitrogens is 1. The molecular formula is C12H12ClN2O6PS. The van der Waals surface area contributed by atoms with Crippen LogP contribution in [0.5, 0.6) is 0 Å². The van der Waals surface area contributed by atoms with Gasteiger partial charge in [-0.25, -0.2) is 13.1 Å². The van der Waals surface area contributed by atoms with Crippen molar-refractivity contribution in [2.45, 2.75) is 23.8 Å². The van der Waals surface area contributed by atoms with Crippen LogP contribution in [0, 0.1) is 0 Å². The van der Waals surface area contributed by atoms with Crippen LogP contribution in [0.3, 0.4) is 0 Å². The molecular weight excluding hydrogens is 367 g/mol. The third kappa shape index (κ3) is 3.35. The number of hydrogen-bond acceptors (Lipinski definition) is 4. The van der Waals surface area contributed by atoms with E-state index in [0.717, 1.165) is 18.9 Å². The lowest BCUT2D eigenvalue weighted by Crippen LogP contribution is -2.28. The molecule has 8 nitrogen and oxygen atoms in total. The van der Waals surface area contributed by atoms with Gasteiger partial charge in [0.2, 0.25) is 10.0 Å². The molecule has 0 radical (unpaired) electrons. The maximum atomic E-state index is 12.3. The molecule has 1 aromatic heterocycles. The lowest BCUT2D eigenvalue weighted by atomic mass is 10.2. The topological polar surface area (TPSA) is 137 Å². The maximum absolute atomic E-state index is 12.3. The summed E-state index contributed by atoms with van der Waals surface area (Å²) in [7, 11) is -8.63. The molecule has 0 atom stereocenters. The SMILES string of the molecule is O=c1[nH]c2cc(Cl)c(S(=O)(=O)NC3CC3)cc2cc1P(=O)(O)O. The Bertz CT molecular complexity index is 1010. The molecule has 0 amide bonds. The fourth-order valence-corrected chi connectivity index (χ4v) is 4.60. The predicted octanol–water partition coefficient (Wildman–Crippen LogP) is 0.425. The second-order valence-electron chi connectivity index (χ2n) is 5.29. The van der Waals surface area contributed by atoms with Crippen LogP contribution in [0.15, 0.2) is 27.9 Å². The van der Waals surface area contributed by atoms with E-state index in [-0.39, 0.29) is 26.9 Å². The molecule has 0 spiro atoms. The van der Waals surface area contributed by atoms with E-state index in [2.05, 4.69) is 9.71 Å². The number of nitrogens with one attached hydrogen (secondary N) is 2. The van der Waals surface area contributed by atoms with E-state index in [9.17, 15) is 27.6 Å². The van der Waals surface area contributed by atoms with Gasteiger partial charge in [-0.3, -0.25) is 9.36 Å². The Balaban J connectivity index is 2.21. The van der Waals surface area contributed by atoms with Gasteiger partial charge in [-0.2, -0.15) is 0 Å². The first kappa shape index (κ1) is 16.6. The summed E-state index contributed by atoms with van der Waals surface area (Å²) in [5, 5.41) is -0.667. The van der Waals surface area contributed by atoms with E-state index in [1.165, 1.54) is 12.1 Å². The summed E-state index contributed by atoms with van der Waals surface area (Å²) in [5.74, 6) is 0. The Morgan fingerprint density at radius 2 is 1.91 bits per heavy atom. The summed E-state index contributed by atoms with van der Waals surface area (Å²) >= 11 is 5.98. The zero-order chi connectivity index (χ0) is 17.0. The first-order valence-corrected chi connectivity index (χ1v) is 10.0. The van der Waals surface area contributed by atoms with Crippen LogP contribution in [0.1, 0.15) is 12.8 Å². The van der Waals surface area contributed by atoms with Gasteiger partial charge in [0.05, 0.1) is 5.02 Å². The number of benzene rings is 1. The van der Waals surface area contributed by atoms with Crippen molar-refractivity contribution in [3.8, 4) is 0 Å². The number of pyridine rings is 1. The van der Waals surface area contributed by atoms with Gasteiger partial charge < -0.3 is 14.8 Å². The van der Waals surface area contributed by atoms with Crippen molar-refractivity contribution >= 4 is 45.4 Å². The molecule has 1 saturated carbocycles. The molecule has 0 unspecified atom stereocenters. The number of aromatic nitrogens is 1. The fourth-order valence-electron chi connectivity index (χ4n) is 2.10. The third-order valence-electron chi connectivity index (χ3n) is 3.38.